The van der Waals surface area contributed by atoms with Crippen LogP contribution in [-0.4, -0.2) is 116 Å². The normalized spacial score (nSPS) is 21.2. The van der Waals surface area contributed by atoms with E-state index in [1.807, 2.05) is 0 Å². The molecule has 1 fully saturated rings. The van der Waals surface area contributed by atoms with Gasteiger partial charge in [0.1, 0.15) is 35.7 Å². The first-order chi connectivity index (χ1) is 34.1. The number of nitrogens with one attached hydrogen (secondary N) is 8. The molecule has 22 heteroatoms. The van der Waals surface area contributed by atoms with Crippen LogP contribution in [0.2, 0.25) is 0 Å². The molecule has 0 spiro atoms. The highest BCUT2D eigenvalue weighted by molar-refractivity contribution is 8.77. The third kappa shape index (κ3) is 17.0. The molecule has 4 aromatic carbocycles. The Labute approximate surface area is 425 Å². The zero-order valence-electron chi connectivity index (χ0n) is 40.2. The topological polar surface area (TPSA) is 325 Å². The Morgan fingerprint density at radius 3 is 1.21 bits per heavy atom. The van der Waals surface area contributed by atoms with E-state index in [0.717, 1.165) is 21.6 Å². The maximum Gasteiger partial charge on any atom is 0.261 e. The first kappa shape index (κ1) is 55.8. The van der Waals surface area contributed by atoms with Crippen LogP contribution in [-0.2, 0) is 64.0 Å². The number of hydrazine groups is 1. The number of carbonyl (C=O) groups is 8. The van der Waals surface area contributed by atoms with Crippen LogP contribution in [0.1, 0.15) is 49.9 Å². The fraction of sp³-hybridized carbons (Fsp3) is 0.360. The molecule has 4 aromatic rings. The van der Waals surface area contributed by atoms with Gasteiger partial charge in [-0.2, -0.15) is 0 Å². The van der Waals surface area contributed by atoms with Crippen LogP contribution in [0.4, 0.5) is 0 Å². The van der Waals surface area contributed by atoms with Gasteiger partial charge in [0.25, 0.3) is 11.8 Å². The van der Waals surface area contributed by atoms with Gasteiger partial charge in [-0.1, -0.05) is 107 Å². The smallest absolute Gasteiger partial charge is 0.261 e. The van der Waals surface area contributed by atoms with Crippen molar-refractivity contribution in [2.24, 2.45) is 11.5 Å². The van der Waals surface area contributed by atoms with Gasteiger partial charge in [-0.25, -0.2) is 0 Å². The predicted octanol–water partition coefficient (Wildman–Crippen LogP) is 0.294. The van der Waals surface area contributed by atoms with Crippen LogP contribution in [0.5, 0.6) is 11.5 Å². The maximum atomic E-state index is 14.3. The lowest BCUT2D eigenvalue weighted by molar-refractivity contribution is -0.134. The van der Waals surface area contributed by atoms with Crippen molar-refractivity contribution in [3.8, 4) is 11.5 Å². The largest absolute Gasteiger partial charge is 0.508 e. The van der Waals surface area contributed by atoms with Crippen molar-refractivity contribution in [3.05, 3.63) is 131 Å². The SMILES string of the molecule is CC1(C)SSC(C)(C)[C@@H](NC(=O)[C@@H](N)Cc2ccc(O)cc2)C(=O)NCC(=O)N[C@@H](Cc2ccccc2)C(=O)NNC(=O)[C@H](Cc2ccccc2)NC(=O)CNC(=O)[C@@H]1NC(=O)[C@@H](N)Cc1ccc(O)cc1. The van der Waals surface area contributed by atoms with Crippen molar-refractivity contribution < 1.29 is 48.6 Å². The molecule has 384 valence electrons. The quantitative estimate of drug-likeness (QED) is 0.0850. The van der Waals surface area contributed by atoms with Crippen molar-refractivity contribution in [1.82, 2.24) is 42.8 Å². The summed E-state index contributed by atoms with van der Waals surface area (Å²) in [5, 5.41) is 35.3. The number of hydrogen-bond acceptors (Lipinski definition) is 14. The molecule has 0 radical (unpaired) electrons. The summed E-state index contributed by atoms with van der Waals surface area (Å²) in [6, 6.07) is 21.8. The molecule has 0 unspecified atom stereocenters. The molecule has 1 heterocycles. The third-order valence-electron chi connectivity index (χ3n) is 11.4. The average molecular weight is 1030 g/mol. The van der Waals surface area contributed by atoms with E-state index in [0.29, 0.717) is 22.3 Å². The summed E-state index contributed by atoms with van der Waals surface area (Å²) in [4.78, 5) is 111. The highest BCUT2D eigenvalue weighted by Crippen LogP contribution is 2.46. The zero-order chi connectivity index (χ0) is 52.6. The zero-order valence-corrected chi connectivity index (χ0v) is 41.9. The lowest BCUT2D eigenvalue weighted by Gasteiger charge is -2.38. The molecule has 72 heavy (non-hydrogen) atoms. The fourth-order valence-electron chi connectivity index (χ4n) is 7.32. The van der Waals surface area contributed by atoms with Crippen LogP contribution < -0.4 is 54.2 Å². The van der Waals surface area contributed by atoms with Gasteiger partial charge >= 0.3 is 0 Å². The van der Waals surface area contributed by atoms with E-state index in [4.69, 9.17) is 11.5 Å². The third-order valence-corrected chi connectivity index (χ3v) is 15.7. The van der Waals surface area contributed by atoms with E-state index in [1.165, 1.54) is 24.3 Å². The number of aromatic hydroxyl groups is 2. The Bertz CT molecular complexity index is 2360. The summed E-state index contributed by atoms with van der Waals surface area (Å²) in [5.41, 5.74) is 19.9. The van der Waals surface area contributed by atoms with E-state index in [9.17, 15) is 48.6 Å². The molecule has 6 atom stereocenters. The molecule has 1 aliphatic rings. The lowest BCUT2D eigenvalue weighted by atomic mass is 10.00. The van der Waals surface area contributed by atoms with E-state index >= 15 is 0 Å². The van der Waals surface area contributed by atoms with Gasteiger partial charge in [0.05, 0.1) is 25.2 Å². The molecule has 8 amide bonds. The summed E-state index contributed by atoms with van der Waals surface area (Å²) in [6.07, 6.45) is -0.0143. The highest BCUT2D eigenvalue weighted by atomic mass is 33.1. The van der Waals surface area contributed by atoms with E-state index in [2.05, 4.69) is 42.8 Å². The second-order valence-corrected chi connectivity index (χ2v) is 21.7. The summed E-state index contributed by atoms with van der Waals surface area (Å²) in [5.74, 6) is -6.35. The average Bonchev–Trinajstić information content (AvgIpc) is 3.35. The Morgan fingerprint density at radius 2 is 0.875 bits per heavy atom. The summed E-state index contributed by atoms with van der Waals surface area (Å²) >= 11 is 0. The fourth-order valence-corrected chi connectivity index (χ4v) is 10.1. The molecule has 0 aliphatic carbocycles. The van der Waals surface area contributed by atoms with Crippen molar-refractivity contribution in [2.45, 2.75) is 99.1 Å². The van der Waals surface area contributed by atoms with Gasteiger partial charge in [-0.15, -0.1) is 0 Å². The summed E-state index contributed by atoms with van der Waals surface area (Å²) < 4.78 is -2.56. The van der Waals surface area contributed by atoms with E-state index < -0.39 is 106 Å². The van der Waals surface area contributed by atoms with Crippen LogP contribution in [0.3, 0.4) is 0 Å². The monoisotopic (exact) mass is 1030 g/mol. The van der Waals surface area contributed by atoms with Crippen molar-refractivity contribution in [2.75, 3.05) is 13.1 Å². The van der Waals surface area contributed by atoms with Crippen LogP contribution in [0, 0.1) is 0 Å². The molecule has 5 rings (SSSR count). The van der Waals surface area contributed by atoms with Gasteiger partial charge < -0.3 is 53.6 Å². The number of carbonyl (C=O) groups excluding carboxylic acids is 8. The highest BCUT2D eigenvalue weighted by Gasteiger charge is 2.44. The lowest BCUT2D eigenvalue weighted by Crippen LogP contribution is -2.62. The van der Waals surface area contributed by atoms with Crippen LogP contribution in [0.25, 0.3) is 0 Å². The molecule has 0 saturated carbocycles. The standard InChI is InChI=1S/C50H62N10O10S2/c1-49(2)41(57-43(65)35(51)23-31-15-19-33(61)20-16-31)47(69)53-27-39(63)55-37(25-29-11-7-5-8-12-29)45(67)59-60-46(68)38(26-30-13-9-6-10-14-30)56-40(64)28-54-48(70)42(50(3,4)72-71-49)58-44(66)36(52)24-32-17-21-34(62)22-18-32/h5-22,35-38,41-42,61-62H,23-28,51-52H2,1-4H3,(H,53,69)(H,54,70)(H,55,63)(H,56,64)(H,57,65)(H,58,66)(H,59,67)(H,60,68)/t35-,36-,37-,38-,41-,42-/m0/s1. The molecule has 0 aromatic heterocycles. The van der Waals surface area contributed by atoms with Crippen molar-refractivity contribution >= 4 is 68.8 Å². The van der Waals surface area contributed by atoms with Gasteiger partial charge in [0.15, 0.2) is 0 Å². The van der Waals surface area contributed by atoms with Gasteiger partial charge in [-0.05, 0) is 87.1 Å². The molecular formula is C50H62N10O10S2. The van der Waals surface area contributed by atoms with E-state index in [-0.39, 0.29) is 37.2 Å². The first-order valence-electron chi connectivity index (χ1n) is 23.0. The summed E-state index contributed by atoms with van der Waals surface area (Å²) in [7, 11) is 2.14. The molecule has 1 aliphatic heterocycles. The minimum atomic E-state index is -1.42. The minimum absolute atomic E-state index is 0.0130. The van der Waals surface area contributed by atoms with Crippen molar-refractivity contribution in [3.63, 3.8) is 0 Å². The molecule has 1 saturated heterocycles. The second-order valence-electron chi connectivity index (χ2n) is 18.2. The molecule has 20 nitrogen and oxygen atoms in total. The first-order valence-corrected chi connectivity index (χ1v) is 25.1. The molecule has 0 bridgehead atoms. The number of phenols is 2. The van der Waals surface area contributed by atoms with E-state index in [1.54, 1.807) is 113 Å². The number of hydrogen-bond donors (Lipinski definition) is 12. The van der Waals surface area contributed by atoms with Gasteiger partial charge in [-0.3, -0.25) is 49.2 Å². The Kier molecular flexibility index (Phi) is 20.0. The Morgan fingerprint density at radius 1 is 0.542 bits per heavy atom. The molecule has 14 N–H and O–H groups in total. The number of rotatable bonds is 12. The Balaban J connectivity index is 1.47. The molecular weight excluding hydrogens is 965 g/mol. The van der Waals surface area contributed by atoms with Gasteiger partial charge in [0.2, 0.25) is 35.4 Å². The number of benzene rings is 4. The Hall–Kier alpha value is -7.14. The number of amides is 8. The van der Waals surface area contributed by atoms with Crippen LogP contribution >= 0.6 is 21.6 Å². The number of nitrogens with two attached hydrogens (primary N) is 2. The van der Waals surface area contributed by atoms with Crippen LogP contribution in [0.15, 0.2) is 109 Å². The van der Waals surface area contributed by atoms with Crippen molar-refractivity contribution in [1.29, 1.82) is 0 Å². The summed E-state index contributed by atoms with van der Waals surface area (Å²) in [6.45, 7) is 5.23. The number of phenolic OH excluding ortho intramolecular Hbond substituents is 2. The van der Waals surface area contributed by atoms with Gasteiger partial charge in [0, 0.05) is 22.3 Å². The minimum Gasteiger partial charge on any atom is -0.508 e. The second kappa shape index (κ2) is 25.8. The maximum absolute atomic E-state index is 14.3. The predicted molar refractivity (Wildman–Crippen MR) is 273 cm³/mol.